The maximum Gasteiger partial charge on any atom is 0.274 e. The molecule has 0 bridgehead atoms. The van der Waals surface area contributed by atoms with E-state index in [0.717, 1.165) is 42.2 Å². The summed E-state index contributed by atoms with van der Waals surface area (Å²) in [5.41, 5.74) is 4.84. The molecule has 4 rings (SSSR count). The molecule has 5 nitrogen and oxygen atoms in total. The number of benzene rings is 1. The zero-order chi connectivity index (χ0) is 20.2. The first-order chi connectivity index (χ1) is 14.1. The van der Waals surface area contributed by atoms with E-state index in [1.54, 1.807) is 12.4 Å². The molecule has 2 aromatic heterocycles. The molecule has 0 N–H and O–H groups in total. The number of nitrogens with zero attached hydrogens (tertiary/aromatic N) is 4. The Labute approximate surface area is 175 Å². The van der Waals surface area contributed by atoms with E-state index in [1.165, 1.54) is 17.3 Å². The van der Waals surface area contributed by atoms with Gasteiger partial charge in [-0.05, 0) is 61.6 Å². The predicted octanol–water partition coefficient (Wildman–Crippen LogP) is 4.44. The van der Waals surface area contributed by atoms with Crippen LogP contribution in [0.2, 0.25) is 5.02 Å². The number of likely N-dealkylation sites (tertiary alicyclic amines) is 1. The van der Waals surface area contributed by atoms with E-state index >= 15 is 0 Å². The van der Waals surface area contributed by atoms with Crippen molar-refractivity contribution < 1.29 is 4.79 Å². The van der Waals surface area contributed by atoms with Crippen LogP contribution in [0.3, 0.4) is 0 Å². The minimum atomic E-state index is -0.0606. The zero-order valence-electron chi connectivity index (χ0n) is 16.4. The van der Waals surface area contributed by atoms with Crippen molar-refractivity contribution in [1.82, 2.24) is 19.9 Å². The van der Waals surface area contributed by atoms with Crippen molar-refractivity contribution >= 4 is 17.5 Å². The summed E-state index contributed by atoms with van der Waals surface area (Å²) in [6, 6.07) is 12.2. The molecule has 3 heterocycles. The summed E-state index contributed by atoms with van der Waals surface area (Å²) >= 11 is 6.13. The summed E-state index contributed by atoms with van der Waals surface area (Å²) < 4.78 is 0. The summed E-state index contributed by atoms with van der Waals surface area (Å²) in [4.78, 5) is 27.6. The third-order valence-corrected chi connectivity index (χ3v) is 5.47. The van der Waals surface area contributed by atoms with Crippen LogP contribution in [-0.4, -0.2) is 38.8 Å². The van der Waals surface area contributed by atoms with Crippen molar-refractivity contribution in [3.63, 3.8) is 0 Å². The van der Waals surface area contributed by atoms with Gasteiger partial charge in [0.25, 0.3) is 5.91 Å². The summed E-state index contributed by atoms with van der Waals surface area (Å²) in [5.74, 6) is 0.164. The number of hydrogen-bond acceptors (Lipinski definition) is 4. The van der Waals surface area contributed by atoms with Gasteiger partial charge in [0.2, 0.25) is 0 Å². The van der Waals surface area contributed by atoms with Crippen molar-refractivity contribution in [1.29, 1.82) is 0 Å². The smallest absolute Gasteiger partial charge is 0.274 e. The van der Waals surface area contributed by atoms with Gasteiger partial charge in [0.1, 0.15) is 5.69 Å². The highest BCUT2D eigenvalue weighted by Crippen LogP contribution is 2.28. The first-order valence-corrected chi connectivity index (χ1v) is 10.2. The van der Waals surface area contributed by atoms with Gasteiger partial charge in [0, 0.05) is 47.8 Å². The van der Waals surface area contributed by atoms with Crippen LogP contribution in [0, 0.1) is 6.92 Å². The number of aryl methyl sites for hydroxylation is 1. The number of hydrogen-bond donors (Lipinski definition) is 0. The molecule has 0 radical (unpaired) electrons. The largest absolute Gasteiger partial charge is 0.337 e. The van der Waals surface area contributed by atoms with Crippen LogP contribution in [-0.2, 0) is 6.42 Å². The number of piperidine rings is 1. The summed E-state index contributed by atoms with van der Waals surface area (Å²) in [6.45, 7) is 3.42. The van der Waals surface area contributed by atoms with Gasteiger partial charge >= 0.3 is 0 Å². The Morgan fingerprint density at radius 3 is 2.90 bits per heavy atom. The molecular formula is C23H23ClN4O. The molecule has 1 fully saturated rings. The Bertz CT molecular complexity index is 1010. The Morgan fingerprint density at radius 1 is 1.21 bits per heavy atom. The molecule has 1 amide bonds. The van der Waals surface area contributed by atoms with Crippen LogP contribution >= 0.6 is 11.6 Å². The molecule has 0 spiro atoms. The Hall–Kier alpha value is -2.79. The lowest BCUT2D eigenvalue weighted by atomic mass is 9.92. The second-order valence-electron chi connectivity index (χ2n) is 7.53. The third-order valence-electron chi connectivity index (χ3n) is 5.24. The number of halogens is 1. The van der Waals surface area contributed by atoms with Crippen LogP contribution in [0.25, 0.3) is 0 Å². The SMILES string of the molecule is Cc1cc(Cc2cccc(Cl)c2)cc([C@@H]2CCCN(C(=O)c3cnccn3)C2)n1. The maximum atomic E-state index is 12.8. The van der Waals surface area contributed by atoms with E-state index in [0.29, 0.717) is 12.2 Å². The van der Waals surface area contributed by atoms with E-state index in [9.17, 15) is 4.79 Å². The standard InChI is InChI=1S/C23H23ClN4O/c1-16-10-18(11-17-4-2-6-20(24)12-17)13-21(27-16)19-5-3-9-28(15-19)23(29)22-14-25-7-8-26-22/h2,4,6-8,10,12-14,19H,3,5,9,11,15H2,1H3/t19-/m1/s1. The monoisotopic (exact) mass is 406 g/mol. The number of carbonyl (C=O) groups is 1. The Kier molecular flexibility index (Phi) is 5.86. The minimum Gasteiger partial charge on any atom is -0.337 e. The van der Waals surface area contributed by atoms with Gasteiger partial charge in [-0.2, -0.15) is 0 Å². The summed E-state index contributed by atoms with van der Waals surface area (Å²) in [7, 11) is 0. The first-order valence-electron chi connectivity index (χ1n) is 9.85. The fourth-order valence-electron chi connectivity index (χ4n) is 3.94. The normalized spacial score (nSPS) is 16.6. The van der Waals surface area contributed by atoms with Gasteiger partial charge in [0.05, 0.1) is 6.20 Å². The zero-order valence-corrected chi connectivity index (χ0v) is 17.1. The second kappa shape index (κ2) is 8.70. The molecule has 1 aromatic carbocycles. The molecule has 6 heteroatoms. The predicted molar refractivity (Wildman–Crippen MR) is 113 cm³/mol. The first kappa shape index (κ1) is 19.5. The molecule has 148 valence electrons. The number of pyridine rings is 1. The number of aromatic nitrogens is 3. The number of amides is 1. The van der Waals surface area contributed by atoms with Crippen molar-refractivity contribution in [3.8, 4) is 0 Å². The minimum absolute atomic E-state index is 0.0606. The van der Waals surface area contributed by atoms with Gasteiger partial charge in [-0.3, -0.25) is 14.8 Å². The van der Waals surface area contributed by atoms with Gasteiger partial charge in [-0.1, -0.05) is 23.7 Å². The average molecular weight is 407 g/mol. The molecule has 0 aliphatic carbocycles. The molecular weight excluding hydrogens is 384 g/mol. The van der Waals surface area contributed by atoms with E-state index in [2.05, 4.69) is 28.2 Å². The lowest BCUT2D eigenvalue weighted by Crippen LogP contribution is -2.39. The van der Waals surface area contributed by atoms with E-state index in [4.69, 9.17) is 16.6 Å². The lowest BCUT2D eigenvalue weighted by molar-refractivity contribution is 0.0699. The van der Waals surface area contributed by atoms with Crippen molar-refractivity contribution in [2.24, 2.45) is 0 Å². The molecule has 0 saturated carbocycles. The highest BCUT2D eigenvalue weighted by atomic mass is 35.5. The summed E-state index contributed by atoms with van der Waals surface area (Å²) in [6.07, 6.45) is 7.45. The summed E-state index contributed by atoms with van der Waals surface area (Å²) in [5, 5.41) is 0.749. The van der Waals surface area contributed by atoms with Gasteiger partial charge in [0.15, 0.2) is 0 Å². The molecule has 1 atom stereocenters. The molecule has 1 aliphatic rings. The van der Waals surface area contributed by atoms with Crippen LogP contribution < -0.4 is 0 Å². The van der Waals surface area contributed by atoms with Crippen LogP contribution in [0.15, 0.2) is 55.0 Å². The highest BCUT2D eigenvalue weighted by molar-refractivity contribution is 6.30. The van der Waals surface area contributed by atoms with Crippen LogP contribution in [0.4, 0.5) is 0 Å². The third kappa shape index (κ3) is 4.80. The fraction of sp³-hybridized carbons (Fsp3) is 0.304. The average Bonchev–Trinajstić information content (AvgIpc) is 2.73. The second-order valence-corrected chi connectivity index (χ2v) is 7.97. The molecule has 1 saturated heterocycles. The van der Waals surface area contributed by atoms with Crippen LogP contribution in [0.1, 0.15) is 51.8 Å². The molecule has 3 aromatic rings. The Balaban J connectivity index is 1.53. The van der Waals surface area contributed by atoms with Crippen molar-refractivity contribution in [2.45, 2.75) is 32.1 Å². The maximum absolute atomic E-state index is 12.8. The fourth-order valence-corrected chi connectivity index (χ4v) is 4.15. The van der Waals surface area contributed by atoms with Crippen molar-refractivity contribution in [2.75, 3.05) is 13.1 Å². The van der Waals surface area contributed by atoms with E-state index < -0.39 is 0 Å². The quantitative estimate of drug-likeness (QED) is 0.642. The Morgan fingerprint density at radius 2 is 2.10 bits per heavy atom. The van der Waals surface area contributed by atoms with E-state index in [1.807, 2.05) is 30.0 Å². The lowest BCUT2D eigenvalue weighted by Gasteiger charge is -2.32. The highest BCUT2D eigenvalue weighted by Gasteiger charge is 2.27. The van der Waals surface area contributed by atoms with Gasteiger partial charge in [-0.25, -0.2) is 4.98 Å². The van der Waals surface area contributed by atoms with E-state index in [-0.39, 0.29) is 11.8 Å². The van der Waals surface area contributed by atoms with Crippen LogP contribution in [0.5, 0.6) is 0 Å². The van der Waals surface area contributed by atoms with Gasteiger partial charge < -0.3 is 4.90 Å². The number of rotatable bonds is 4. The molecule has 1 aliphatic heterocycles. The molecule has 29 heavy (non-hydrogen) atoms. The van der Waals surface area contributed by atoms with Crippen molar-refractivity contribution in [3.05, 3.63) is 88.2 Å². The number of carbonyl (C=O) groups excluding carboxylic acids is 1. The topological polar surface area (TPSA) is 59.0 Å². The van der Waals surface area contributed by atoms with Gasteiger partial charge in [-0.15, -0.1) is 0 Å². The molecule has 0 unspecified atom stereocenters.